The van der Waals surface area contributed by atoms with Gasteiger partial charge in [-0.1, -0.05) is 6.92 Å². The number of thiazole rings is 1. The lowest BCUT2D eigenvalue weighted by molar-refractivity contribution is 0.448. The molecule has 8 heteroatoms. The van der Waals surface area contributed by atoms with E-state index in [0.717, 1.165) is 12.2 Å². The summed E-state index contributed by atoms with van der Waals surface area (Å²) in [7, 11) is -2.03. The van der Waals surface area contributed by atoms with Crippen molar-refractivity contribution in [3.8, 4) is 0 Å². The summed E-state index contributed by atoms with van der Waals surface area (Å²) in [5.41, 5.74) is 2.42. The van der Waals surface area contributed by atoms with Crippen molar-refractivity contribution in [1.29, 1.82) is 0 Å². The van der Waals surface area contributed by atoms with Crippen LogP contribution in [-0.2, 0) is 23.1 Å². The first-order valence-corrected chi connectivity index (χ1v) is 8.97. The van der Waals surface area contributed by atoms with Crippen LogP contribution in [0.2, 0.25) is 0 Å². The first-order chi connectivity index (χ1) is 9.95. The molecule has 0 aliphatic rings. The minimum absolute atomic E-state index is 0.216. The highest BCUT2D eigenvalue weighted by molar-refractivity contribution is 7.89. The van der Waals surface area contributed by atoms with Crippen molar-refractivity contribution in [3.05, 3.63) is 34.2 Å². The minimum Gasteiger partial charge on any atom is -0.464 e. The number of hydrogen-bond donors (Lipinski definition) is 1. The van der Waals surface area contributed by atoms with Gasteiger partial charge in [0.15, 0.2) is 0 Å². The maximum absolute atomic E-state index is 12.6. The number of furan rings is 1. The Hall–Kier alpha value is -1.22. The summed E-state index contributed by atoms with van der Waals surface area (Å²) in [5, 5.41) is 4.95. The Morgan fingerprint density at radius 2 is 2.24 bits per heavy atom. The Bertz CT molecular complexity index is 678. The van der Waals surface area contributed by atoms with Crippen LogP contribution in [0.5, 0.6) is 0 Å². The standard InChI is InChI=1S/C13H19N3O3S2/c1-4-14-6-12-5-13(10(2)19-12)21(17,18)16(3)7-11-8-20-9-15-11/h5,8-9,14H,4,6-7H2,1-3H3. The molecule has 0 fully saturated rings. The van der Waals surface area contributed by atoms with Crippen molar-refractivity contribution in [2.75, 3.05) is 13.6 Å². The molecule has 0 radical (unpaired) electrons. The highest BCUT2D eigenvalue weighted by Gasteiger charge is 2.26. The predicted molar refractivity (Wildman–Crippen MR) is 81.6 cm³/mol. The maximum atomic E-state index is 12.6. The molecule has 0 spiro atoms. The van der Waals surface area contributed by atoms with E-state index in [1.54, 1.807) is 25.5 Å². The van der Waals surface area contributed by atoms with Crippen molar-refractivity contribution in [2.45, 2.75) is 31.8 Å². The van der Waals surface area contributed by atoms with Crippen LogP contribution >= 0.6 is 11.3 Å². The largest absolute Gasteiger partial charge is 0.464 e. The van der Waals surface area contributed by atoms with Gasteiger partial charge in [0, 0.05) is 18.5 Å². The molecule has 116 valence electrons. The number of hydrogen-bond acceptors (Lipinski definition) is 6. The molecular weight excluding hydrogens is 310 g/mol. The fraction of sp³-hybridized carbons (Fsp3) is 0.462. The second-order valence-electron chi connectivity index (χ2n) is 4.65. The average Bonchev–Trinajstić information content (AvgIpc) is 3.06. The summed E-state index contributed by atoms with van der Waals surface area (Å²) in [4.78, 5) is 4.33. The molecule has 2 rings (SSSR count). The van der Waals surface area contributed by atoms with Gasteiger partial charge in [-0.05, 0) is 13.5 Å². The molecular formula is C13H19N3O3S2. The van der Waals surface area contributed by atoms with Crippen LogP contribution < -0.4 is 5.32 Å². The molecule has 2 aromatic heterocycles. The molecule has 6 nitrogen and oxygen atoms in total. The van der Waals surface area contributed by atoms with Crippen LogP contribution in [-0.4, -0.2) is 31.3 Å². The van der Waals surface area contributed by atoms with Crippen LogP contribution in [0.25, 0.3) is 0 Å². The molecule has 0 aromatic carbocycles. The highest BCUT2D eigenvalue weighted by Crippen LogP contribution is 2.24. The van der Waals surface area contributed by atoms with Crippen molar-refractivity contribution in [1.82, 2.24) is 14.6 Å². The summed E-state index contributed by atoms with van der Waals surface area (Å²) in [6.07, 6.45) is 0. The molecule has 21 heavy (non-hydrogen) atoms. The number of aromatic nitrogens is 1. The zero-order chi connectivity index (χ0) is 15.5. The summed E-state index contributed by atoms with van der Waals surface area (Å²) in [5.74, 6) is 1.03. The summed E-state index contributed by atoms with van der Waals surface area (Å²) in [6.45, 7) is 5.21. The second kappa shape index (κ2) is 6.69. The molecule has 0 amide bonds. The predicted octanol–water partition coefficient (Wildman–Crippen LogP) is 1.97. The third-order valence-electron chi connectivity index (χ3n) is 3.03. The maximum Gasteiger partial charge on any atom is 0.246 e. The monoisotopic (exact) mass is 329 g/mol. The lowest BCUT2D eigenvalue weighted by Crippen LogP contribution is -2.26. The van der Waals surface area contributed by atoms with Gasteiger partial charge >= 0.3 is 0 Å². The SMILES string of the molecule is CCNCc1cc(S(=O)(=O)N(C)Cc2cscn2)c(C)o1. The Balaban J connectivity index is 2.20. The summed E-state index contributed by atoms with van der Waals surface area (Å²) < 4.78 is 32.0. The first kappa shape index (κ1) is 16.2. The van der Waals surface area contributed by atoms with Crippen LogP contribution in [0.1, 0.15) is 24.1 Å². The fourth-order valence-electron chi connectivity index (χ4n) is 1.91. The van der Waals surface area contributed by atoms with E-state index in [9.17, 15) is 8.42 Å². The zero-order valence-corrected chi connectivity index (χ0v) is 13.9. The smallest absolute Gasteiger partial charge is 0.246 e. The van der Waals surface area contributed by atoms with Gasteiger partial charge in [-0.25, -0.2) is 13.4 Å². The molecule has 2 aromatic rings. The zero-order valence-electron chi connectivity index (χ0n) is 12.3. The molecule has 1 N–H and O–H groups in total. The molecule has 0 atom stereocenters. The van der Waals surface area contributed by atoms with E-state index in [2.05, 4.69) is 10.3 Å². The topological polar surface area (TPSA) is 75.4 Å². The number of sulfonamides is 1. The normalized spacial score (nSPS) is 12.2. The third-order valence-corrected chi connectivity index (χ3v) is 5.57. The van der Waals surface area contributed by atoms with Gasteiger partial charge in [0.05, 0.1) is 24.3 Å². The van der Waals surface area contributed by atoms with E-state index in [1.807, 2.05) is 12.3 Å². The lowest BCUT2D eigenvalue weighted by atomic mass is 10.4. The molecule has 0 unspecified atom stereocenters. The van der Waals surface area contributed by atoms with Crippen LogP contribution in [0.3, 0.4) is 0 Å². The van der Waals surface area contributed by atoms with Crippen LogP contribution in [0.4, 0.5) is 0 Å². The summed E-state index contributed by atoms with van der Waals surface area (Å²) in [6, 6.07) is 1.59. The van der Waals surface area contributed by atoms with E-state index in [0.29, 0.717) is 18.1 Å². The van der Waals surface area contributed by atoms with Gasteiger partial charge in [-0.3, -0.25) is 0 Å². The van der Waals surface area contributed by atoms with Gasteiger partial charge in [-0.2, -0.15) is 4.31 Å². The molecule has 0 aliphatic heterocycles. The summed E-state index contributed by atoms with van der Waals surface area (Å²) >= 11 is 1.44. The molecule has 0 aliphatic carbocycles. The second-order valence-corrected chi connectivity index (χ2v) is 7.39. The Morgan fingerprint density at radius 3 is 2.86 bits per heavy atom. The van der Waals surface area contributed by atoms with Crippen molar-refractivity contribution < 1.29 is 12.8 Å². The van der Waals surface area contributed by atoms with Gasteiger partial charge < -0.3 is 9.73 Å². The van der Waals surface area contributed by atoms with Gasteiger partial charge in [0.2, 0.25) is 10.0 Å². The van der Waals surface area contributed by atoms with Gasteiger partial charge in [0.25, 0.3) is 0 Å². The third kappa shape index (κ3) is 3.70. The van der Waals surface area contributed by atoms with Gasteiger partial charge in [0.1, 0.15) is 16.4 Å². The highest BCUT2D eigenvalue weighted by atomic mass is 32.2. The number of rotatable bonds is 7. The molecule has 0 bridgehead atoms. The van der Waals surface area contributed by atoms with Crippen LogP contribution in [0.15, 0.2) is 26.3 Å². The first-order valence-electron chi connectivity index (χ1n) is 6.58. The number of nitrogens with one attached hydrogen (secondary N) is 1. The Kier molecular flexibility index (Phi) is 5.15. The van der Waals surface area contributed by atoms with E-state index in [-0.39, 0.29) is 11.4 Å². The minimum atomic E-state index is -3.57. The van der Waals surface area contributed by atoms with Crippen molar-refractivity contribution in [2.24, 2.45) is 0 Å². The molecule has 0 saturated heterocycles. The van der Waals surface area contributed by atoms with Crippen molar-refractivity contribution >= 4 is 21.4 Å². The van der Waals surface area contributed by atoms with E-state index in [1.165, 1.54) is 15.6 Å². The van der Waals surface area contributed by atoms with Crippen molar-refractivity contribution in [3.63, 3.8) is 0 Å². The van der Waals surface area contributed by atoms with E-state index < -0.39 is 10.0 Å². The van der Waals surface area contributed by atoms with Gasteiger partial charge in [-0.15, -0.1) is 11.3 Å². The van der Waals surface area contributed by atoms with Crippen LogP contribution in [0, 0.1) is 6.92 Å². The Labute approximate surface area is 128 Å². The number of aryl methyl sites for hydroxylation is 1. The molecule has 2 heterocycles. The average molecular weight is 329 g/mol. The Morgan fingerprint density at radius 1 is 1.48 bits per heavy atom. The molecule has 0 saturated carbocycles. The number of nitrogens with zero attached hydrogens (tertiary/aromatic N) is 2. The fourth-order valence-corrected chi connectivity index (χ4v) is 3.79. The van der Waals surface area contributed by atoms with E-state index >= 15 is 0 Å². The van der Waals surface area contributed by atoms with E-state index in [4.69, 9.17) is 4.42 Å². The quantitative estimate of drug-likeness (QED) is 0.840. The lowest BCUT2D eigenvalue weighted by Gasteiger charge is -2.15.